The van der Waals surface area contributed by atoms with Crippen LogP contribution in [0, 0.1) is 18.8 Å². The highest BCUT2D eigenvalue weighted by Crippen LogP contribution is 2.39. The molecule has 1 aliphatic rings. The second-order valence-corrected chi connectivity index (χ2v) is 10.4. The van der Waals surface area contributed by atoms with Gasteiger partial charge in [-0.1, -0.05) is 38.5 Å². The van der Waals surface area contributed by atoms with Crippen molar-refractivity contribution in [3.05, 3.63) is 64.2 Å². The van der Waals surface area contributed by atoms with Gasteiger partial charge in [-0.3, -0.25) is 14.0 Å². The number of Topliss-reactive ketones (excluding diaryl/α,β-unsaturated/α-hetero) is 1. The van der Waals surface area contributed by atoms with Crippen molar-refractivity contribution in [3.63, 3.8) is 0 Å². The molecule has 0 fully saturated rings. The number of ketones is 1. The van der Waals surface area contributed by atoms with Gasteiger partial charge in [0.15, 0.2) is 5.78 Å². The van der Waals surface area contributed by atoms with Gasteiger partial charge in [-0.2, -0.15) is 13.2 Å². The Morgan fingerprint density at radius 3 is 2.24 bits per heavy atom. The van der Waals surface area contributed by atoms with E-state index < -0.39 is 22.7 Å². The first-order chi connectivity index (χ1) is 16.0. The molecule has 4 nitrogen and oxygen atoms in total. The molecule has 0 amide bonds. The summed E-state index contributed by atoms with van der Waals surface area (Å²) < 4.78 is 50.9. The molecule has 1 aromatic carbocycles. The van der Waals surface area contributed by atoms with E-state index in [1.807, 2.05) is 27.7 Å². The van der Waals surface area contributed by atoms with Gasteiger partial charge in [0.1, 0.15) is 11.5 Å². The molecule has 1 N–H and O–H groups in total. The molecule has 1 heterocycles. The normalized spacial score (nSPS) is 18.8. The average molecular weight is 494 g/mol. The Morgan fingerprint density at radius 2 is 1.76 bits per heavy atom. The number of carbonyl (C=O) groups excluding carboxylic acids is 1. The minimum absolute atomic E-state index is 0.0586. The van der Waals surface area contributed by atoms with Crippen LogP contribution in [0.15, 0.2) is 41.1 Å². The SMILES string of the molecule is CCc1cc(C)cc(CC)c1C1=C(O)CC(C(C)CS(=O)c2ccc(C(F)(F)F)nc2)CC1=O. The lowest BCUT2D eigenvalue weighted by Gasteiger charge is -2.29. The summed E-state index contributed by atoms with van der Waals surface area (Å²) in [4.78, 5) is 16.8. The predicted octanol–water partition coefficient (Wildman–Crippen LogP) is 6.23. The highest BCUT2D eigenvalue weighted by atomic mass is 32.2. The maximum absolute atomic E-state index is 13.2. The Kier molecular flexibility index (Phi) is 8.01. The van der Waals surface area contributed by atoms with E-state index in [1.54, 1.807) is 0 Å². The first kappa shape index (κ1) is 26.1. The summed E-state index contributed by atoms with van der Waals surface area (Å²) in [7, 11) is -1.57. The van der Waals surface area contributed by atoms with Gasteiger partial charge in [0, 0.05) is 24.8 Å². The number of benzene rings is 1. The van der Waals surface area contributed by atoms with Gasteiger partial charge in [0.25, 0.3) is 0 Å². The molecule has 0 radical (unpaired) electrons. The summed E-state index contributed by atoms with van der Waals surface area (Å²) in [6.07, 6.45) is -1.55. The fourth-order valence-corrected chi connectivity index (χ4v) is 5.92. The number of aryl methyl sites for hydroxylation is 3. The number of hydrogen-bond donors (Lipinski definition) is 1. The van der Waals surface area contributed by atoms with E-state index in [1.165, 1.54) is 6.07 Å². The maximum Gasteiger partial charge on any atom is 0.433 e. The molecule has 3 atom stereocenters. The Morgan fingerprint density at radius 1 is 1.15 bits per heavy atom. The molecule has 3 unspecified atom stereocenters. The molecule has 3 rings (SSSR count). The van der Waals surface area contributed by atoms with E-state index in [2.05, 4.69) is 17.1 Å². The molecule has 0 saturated carbocycles. The van der Waals surface area contributed by atoms with E-state index in [0.29, 0.717) is 12.0 Å². The number of aliphatic hydroxyl groups is 1. The lowest BCUT2D eigenvalue weighted by atomic mass is 9.76. The molecule has 0 aliphatic heterocycles. The van der Waals surface area contributed by atoms with Crippen LogP contribution in [0.1, 0.15) is 61.6 Å². The zero-order valence-electron chi connectivity index (χ0n) is 19.8. The molecular formula is C26H30F3NO3S. The van der Waals surface area contributed by atoms with E-state index in [4.69, 9.17) is 0 Å². The number of rotatable bonds is 7. The summed E-state index contributed by atoms with van der Waals surface area (Å²) in [5.41, 5.74) is 3.39. The van der Waals surface area contributed by atoms with Gasteiger partial charge in [-0.15, -0.1) is 0 Å². The van der Waals surface area contributed by atoms with Crippen molar-refractivity contribution < 1.29 is 27.3 Å². The second kappa shape index (κ2) is 10.4. The van der Waals surface area contributed by atoms with Gasteiger partial charge >= 0.3 is 6.18 Å². The summed E-state index contributed by atoms with van der Waals surface area (Å²) in [5, 5.41) is 10.9. The third-order valence-corrected chi connectivity index (χ3v) is 8.03. The number of pyridine rings is 1. The van der Waals surface area contributed by atoms with Crippen LogP contribution < -0.4 is 0 Å². The number of alkyl halides is 3. The topological polar surface area (TPSA) is 67.3 Å². The molecule has 0 saturated heterocycles. The smallest absolute Gasteiger partial charge is 0.433 e. The molecule has 1 aliphatic carbocycles. The zero-order chi connectivity index (χ0) is 25.2. The van der Waals surface area contributed by atoms with Gasteiger partial charge in [0.2, 0.25) is 0 Å². The molecule has 1 aromatic heterocycles. The van der Waals surface area contributed by atoms with Crippen molar-refractivity contribution in [1.29, 1.82) is 0 Å². The first-order valence-corrected chi connectivity index (χ1v) is 12.8. The quantitative estimate of drug-likeness (QED) is 0.497. The highest BCUT2D eigenvalue weighted by molar-refractivity contribution is 7.85. The van der Waals surface area contributed by atoms with Gasteiger partial charge in [0.05, 0.1) is 21.3 Å². The van der Waals surface area contributed by atoms with Gasteiger partial charge in [-0.05, 0) is 60.4 Å². The lowest BCUT2D eigenvalue weighted by Crippen LogP contribution is -2.27. The van der Waals surface area contributed by atoms with Crippen molar-refractivity contribution in [2.45, 2.75) is 64.5 Å². The third-order valence-electron chi connectivity index (χ3n) is 6.44. The van der Waals surface area contributed by atoms with Crippen LogP contribution in [-0.2, 0) is 34.6 Å². The van der Waals surface area contributed by atoms with Crippen molar-refractivity contribution >= 4 is 22.2 Å². The number of hydrogen-bond acceptors (Lipinski definition) is 4. The molecule has 34 heavy (non-hydrogen) atoms. The zero-order valence-corrected chi connectivity index (χ0v) is 20.6. The molecule has 0 bridgehead atoms. The summed E-state index contributed by atoms with van der Waals surface area (Å²) in [5.74, 6) is -0.300. The molecule has 184 valence electrons. The van der Waals surface area contributed by atoms with Crippen LogP contribution in [0.5, 0.6) is 0 Å². The van der Waals surface area contributed by atoms with Crippen LogP contribution in [0.3, 0.4) is 0 Å². The minimum atomic E-state index is -4.55. The van der Waals surface area contributed by atoms with Crippen molar-refractivity contribution in [2.75, 3.05) is 5.75 Å². The number of nitrogens with zero attached hydrogens (tertiary/aromatic N) is 1. The van der Waals surface area contributed by atoms with E-state index in [9.17, 15) is 27.3 Å². The molecule has 2 aromatic rings. The van der Waals surface area contributed by atoms with Crippen LogP contribution in [0.25, 0.3) is 5.57 Å². The van der Waals surface area contributed by atoms with Crippen molar-refractivity contribution in [1.82, 2.24) is 4.98 Å². The second-order valence-electron chi connectivity index (χ2n) is 8.94. The Hall–Kier alpha value is -2.48. The standard InChI is InChI=1S/C26H30F3NO3S/c1-5-17-9-15(3)10-18(6-2)24(17)25-21(31)11-19(12-22(25)32)16(4)14-34(33)20-7-8-23(30-13-20)26(27,28)29/h7-10,13,16,19,31H,5-6,11-12,14H2,1-4H3. The van der Waals surface area contributed by atoms with Gasteiger partial charge in [-0.25, -0.2) is 0 Å². The summed E-state index contributed by atoms with van der Waals surface area (Å²) in [6, 6.07) is 6.10. The molecule has 0 spiro atoms. The number of allylic oxidation sites excluding steroid dienone is 2. The maximum atomic E-state index is 13.2. The van der Waals surface area contributed by atoms with Crippen LogP contribution in [0.4, 0.5) is 13.2 Å². The average Bonchev–Trinajstić information content (AvgIpc) is 2.78. The fourth-order valence-electron chi connectivity index (χ4n) is 4.58. The van der Waals surface area contributed by atoms with E-state index in [-0.39, 0.29) is 40.4 Å². The van der Waals surface area contributed by atoms with Crippen LogP contribution in [0.2, 0.25) is 0 Å². The first-order valence-electron chi connectivity index (χ1n) is 11.5. The monoisotopic (exact) mass is 493 g/mol. The van der Waals surface area contributed by atoms with E-state index in [0.717, 1.165) is 47.4 Å². The number of carbonyl (C=O) groups is 1. The van der Waals surface area contributed by atoms with Crippen molar-refractivity contribution in [2.24, 2.45) is 11.8 Å². The lowest BCUT2D eigenvalue weighted by molar-refractivity contribution is -0.141. The van der Waals surface area contributed by atoms with Crippen LogP contribution >= 0.6 is 0 Å². The third kappa shape index (κ3) is 5.59. The Bertz CT molecular complexity index is 1100. The molecule has 8 heteroatoms. The van der Waals surface area contributed by atoms with E-state index >= 15 is 0 Å². The summed E-state index contributed by atoms with van der Waals surface area (Å²) >= 11 is 0. The predicted molar refractivity (Wildman–Crippen MR) is 127 cm³/mol. The Balaban J connectivity index is 1.80. The fraction of sp³-hybridized carbons (Fsp3) is 0.462. The highest BCUT2D eigenvalue weighted by Gasteiger charge is 2.35. The minimum Gasteiger partial charge on any atom is -0.512 e. The number of aliphatic hydroxyl groups excluding tert-OH is 1. The number of halogens is 3. The molecular weight excluding hydrogens is 463 g/mol. The largest absolute Gasteiger partial charge is 0.512 e. The van der Waals surface area contributed by atoms with Crippen molar-refractivity contribution in [3.8, 4) is 0 Å². The summed E-state index contributed by atoms with van der Waals surface area (Å²) in [6.45, 7) is 7.92. The van der Waals surface area contributed by atoms with Crippen LogP contribution in [-0.4, -0.2) is 25.8 Å². The van der Waals surface area contributed by atoms with Gasteiger partial charge < -0.3 is 5.11 Å². The number of aromatic nitrogens is 1. The Labute approximate surface area is 200 Å².